The summed E-state index contributed by atoms with van der Waals surface area (Å²) in [5.74, 6) is 0.468. The van der Waals surface area contributed by atoms with Gasteiger partial charge in [0.25, 0.3) is 0 Å². The quantitative estimate of drug-likeness (QED) is 0.832. The van der Waals surface area contributed by atoms with Crippen LogP contribution in [-0.2, 0) is 14.2 Å². The molecule has 3 unspecified atom stereocenters. The van der Waals surface area contributed by atoms with Gasteiger partial charge < -0.3 is 19.9 Å². The highest BCUT2D eigenvalue weighted by Crippen LogP contribution is 2.40. The molecule has 4 heteroatoms. The average Bonchev–Trinajstić information content (AvgIpc) is 2.89. The van der Waals surface area contributed by atoms with Gasteiger partial charge in [-0.2, -0.15) is 0 Å². The lowest BCUT2D eigenvalue weighted by molar-refractivity contribution is -0.123. The highest BCUT2D eigenvalue weighted by Gasteiger charge is 2.46. The zero-order valence-electron chi connectivity index (χ0n) is 12.6. The van der Waals surface area contributed by atoms with Gasteiger partial charge in [0.05, 0.1) is 17.8 Å². The van der Waals surface area contributed by atoms with Crippen LogP contribution in [0.5, 0.6) is 0 Å². The molecule has 2 fully saturated rings. The number of hydrogen-bond donors (Lipinski definition) is 1. The van der Waals surface area contributed by atoms with E-state index in [0.717, 1.165) is 51.9 Å². The maximum Gasteiger partial charge on any atom is 0.0939 e. The van der Waals surface area contributed by atoms with Gasteiger partial charge in [-0.3, -0.25) is 0 Å². The summed E-state index contributed by atoms with van der Waals surface area (Å²) in [7, 11) is 1.79. The van der Waals surface area contributed by atoms with E-state index in [0.29, 0.717) is 5.92 Å². The van der Waals surface area contributed by atoms with Crippen LogP contribution in [-0.4, -0.2) is 44.2 Å². The van der Waals surface area contributed by atoms with Crippen molar-refractivity contribution in [1.82, 2.24) is 0 Å². The molecule has 0 aliphatic carbocycles. The first-order chi connectivity index (χ1) is 9.11. The predicted molar refractivity (Wildman–Crippen MR) is 75.1 cm³/mol. The highest BCUT2D eigenvalue weighted by molar-refractivity contribution is 4.99. The molecule has 1 spiro atoms. The molecular formula is C15H29NO3. The molecule has 0 aromatic carbocycles. The topological polar surface area (TPSA) is 53.7 Å². The fourth-order valence-electron chi connectivity index (χ4n) is 3.81. The van der Waals surface area contributed by atoms with Crippen molar-refractivity contribution in [3.8, 4) is 0 Å². The molecule has 112 valence electrons. The molecule has 3 atom stereocenters. The maximum atomic E-state index is 6.59. The van der Waals surface area contributed by atoms with Crippen LogP contribution >= 0.6 is 0 Å². The van der Waals surface area contributed by atoms with Crippen LogP contribution < -0.4 is 5.73 Å². The number of methoxy groups -OCH3 is 1. The zero-order chi connectivity index (χ0) is 13.9. The molecule has 0 aromatic rings. The normalized spacial score (nSPS) is 33.8. The SMILES string of the molecule is CCC(CC)(OC)C(N)C1CCOC2(CCOC2)C1. The van der Waals surface area contributed by atoms with E-state index in [1.54, 1.807) is 7.11 Å². The van der Waals surface area contributed by atoms with Crippen LogP contribution in [0.15, 0.2) is 0 Å². The molecule has 2 N–H and O–H groups in total. The molecule has 2 heterocycles. The second-order valence-corrected chi connectivity index (χ2v) is 6.09. The van der Waals surface area contributed by atoms with Crippen molar-refractivity contribution in [3.63, 3.8) is 0 Å². The van der Waals surface area contributed by atoms with Crippen LogP contribution in [0.4, 0.5) is 0 Å². The Morgan fingerprint density at radius 1 is 1.37 bits per heavy atom. The van der Waals surface area contributed by atoms with Crippen LogP contribution in [0.3, 0.4) is 0 Å². The minimum atomic E-state index is -0.192. The Hall–Kier alpha value is -0.160. The Morgan fingerprint density at radius 3 is 2.63 bits per heavy atom. The third-order valence-corrected chi connectivity index (χ3v) is 5.32. The highest BCUT2D eigenvalue weighted by atomic mass is 16.6. The van der Waals surface area contributed by atoms with Crippen LogP contribution in [0.2, 0.25) is 0 Å². The third-order valence-electron chi connectivity index (χ3n) is 5.32. The minimum absolute atomic E-state index is 0.0680. The van der Waals surface area contributed by atoms with E-state index < -0.39 is 0 Å². The molecule has 19 heavy (non-hydrogen) atoms. The molecule has 2 rings (SSSR count). The second-order valence-electron chi connectivity index (χ2n) is 6.09. The molecule has 0 radical (unpaired) electrons. The summed E-state index contributed by atoms with van der Waals surface area (Å²) in [6, 6.07) is 0.0777. The van der Waals surface area contributed by atoms with Gasteiger partial charge in [0, 0.05) is 32.8 Å². The largest absolute Gasteiger partial charge is 0.378 e. The predicted octanol–water partition coefficient (Wildman–Crippen LogP) is 2.10. The van der Waals surface area contributed by atoms with Crippen molar-refractivity contribution < 1.29 is 14.2 Å². The van der Waals surface area contributed by atoms with Gasteiger partial charge in [-0.25, -0.2) is 0 Å². The van der Waals surface area contributed by atoms with E-state index in [1.165, 1.54) is 0 Å². The van der Waals surface area contributed by atoms with Crippen molar-refractivity contribution >= 4 is 0 Å². The zero-order valence-corrected chi connectivity index (χ0v) is 12.6. The molecule has 0 aromatic heterocycles. The van der Waals surface area contributed by atoms with E-state index in [9.17, 15) is 0 Å². The first kappa shape index (κ1) is 15.2. The fourth-order valence-corrected chi connectivity index (χ4v) is 3.81. The summed E-state index contributed by atoms with van der Waals surface area (Å²) in [6.07, 6.45) is 4.98. The lowest BCUT2D eigenvalue weighted by atomic mass is 9.73. The van der Waals surface area contributed by atoms with Gasteiger partial charge in [-0.05, 0) is 31.6 Å². The first-order valence-electron chi connectivity index (χ1n) is 7.64. The molecule has 4 nitrogen and oxygen atoms in total. The van der Waals surface area contributed by atoms with Crippen molar-refractivity contribution in [2.45, 2.75) is 63.2 Å². The Labute approximate surface area is 117 Å². The lowest BCUT2D eigenvalue weighted by Gasteiger charge is -2.45. The summed E-state index contributed by atoms with van der Waals surface area (Å²) < 4.78 is 17.3. The molecule has 0 amide bonds. The Morgan fingerprint density at radius 2 is 2.11 bits per heavy atom. The summed E-state index contributed by atoms with van der Waals surface area (Å²) in [4.78, 5) is 0. The summed E-state index contributed by atoms with van der Waals surface area (Å²) >= 11 is 0. The monoisotopic (exact) mass is 271 g/mol. The molecular weight excluding hydrogens is 242 g/mol. The smallest absolute Gasteiger partial charge is 0.0939 e. The van der Waals surface area contributed by atoms with Gasteiger partial charge >= 0.3 is 0 Å². The second kappa shape index (κ2) is 6.08. The number of rotatable bonds is 5. The van der Waals surface area contributed by atoms with Crippen LogP contribution in [0, 0.1) is 5.92 Å². The van der Waals surface area contributed by atoms with E-state index in [1.807, 2.05) is 0 Å². The first-order valence-corrected chi connectivity index (χ1v) is 7.64. The maximum absolute atomic E-state index is 6.59. The number of ether oxygens (including phenoxy) is 3. The minimum Gasteiger partial charge on any atom is -0.378 e. The van der Waals surface area contributed by atoms with Gasteiger partial charge in [-0.1, -0.05) is 13.8 Å². The van der Waals surface area contributed by atoms with E-state index >= 15 is 0 Å². The summed E-state index contributed by atoms with van der Waals surface area (Å²) in [5, 5.41) is 0. The van der Waals surface area contributed by atoms with Crippen LogP contribution in [0.25, 0.3) is 0 Å². The Kier molecular flexibility index (Phi) is 4.88. The van der Waals surface area contributed by atoms with Crippen molar-refractivity contribution in [2.24, 2.45) is 11.7 Å². The van der Waals surface area contributed by atoms with Crippen molar-refractivity contribution in [1.29, 1.82) is 0 Å². The molecule has 2 aliphatic heterocycles. The summed E-state index contributed by atoms with van der Waals surface area (Å²) in [5.41, 5.74) is 6.33. The van der Waals surface area contributed by atoms with E-state index in [-0.39, 0.29) is 17.2 Å². The molecule has 2 aliphatic rings. The van der Waals surface area contributed by atoms with E-state index in [2.05, 4.69) is 13.8 Å². The van der Waals surface area contributed by atoms with Gasteiger partial charge in [-0.15, -0.1) is 0 Å². The van der Waals surface area contributed by atoms with Crippen LogP contribution in [0.1, 0.15) is 46.0 Å². The number of hydrogen-bond acceptors (Lipinski definition) is 4. The van der Waals surface area contributed by atoms with Crippen molar-refractivity contribution in [3.05, 3.63) is 0 Å². The lowest BCUT2D eigenvalue weighted by Crippen LogP contribution is -2.56. The standard InChI is InChI=1S/C15H29NO3/c1-4-15(5-2,17-3)13(16)12-6-8-19-14(10-12)7-9-18-11-14/h12-13H,4-11,16H2,1-3H3. The molecule has 2 saturated heterocycles. The molecule has 0 bridgehead atoms. The Balaban J connectivity index is 2.07. The van der Waals surface area contributed by atoms with Gasteiger partial charge in [0.2, 0.25) is 0 Å². The fraction of sp³-hybridized carbons (Fsp3) is 1.00. The van der Waals surface area contributed by atoms with E-state index in [4.69, 9.17) is 19.9 Å². The average molecular weight is 271 g/mol. The third kappa shape index (κ3) is 2.82. The number of nitrogens with two attached hydrogens (primary N) is 1. The summed E-state index contributed by atoms with van der Waals surface area (Å²) in [6.45, 7) is 6.68. The molecule has 0 saturated carbocycles. The van der Waals surface area contributed by atoms with Gasteiger partial charge in [0.15, 0.2) is 0 Å². The Bertz CT molecular complexity index is 277. The van der Waals surface area contributed by atoms with Gasteiger partial charge in [0.1, 0.15) is 0 Å². The van der Waals surface area contributed by atoms with Crippen molar-refractivity contribution in [2.75, 3.05) is 26.9 Å².